The maximum Gasteiger partial charge on any atom is 0.254 e. The average molecular weight is 435 g/mol. The Kier molecular flexibility index (Phi) is 3.98. The number of benzene rings is 2. The van der Waals surface area contributed by atoms with E-state index < -0.39 is 17.5 Å². The molecule has 0 saturated heterocycles. The van der Waals surface area contributed by atoms with Gasteiger partial charge in [-0.2, -0.15) is 0 Å². The smallest absolute Gasteiger partial charge is 0.254 e. The van der Waals surface area contributed by atoms with Crippen molar-refractivity contribution in [2.24, 2.45) is 0 Å². The quantitative estimate of drug-likeness (QED) is 0.669. The molecule has 114 valence electrons. The number of anilines is 2. The molecule has 1 aliphatic rings. The number of amides is 1. The molecule has 22 heavy (non-hydrogen) atoms. The minimum Gasteiger partial charge on any atom is -0.351 e. The summed E-state index contributed by atoms with van der Waals surface area (Å²) in [4.78, 5) is 12.0. The van der Waals surface area contributed by atoms with Crippen LogP contribution in [0.15, 0.2) is 24.3 Å². The van der Waals surface area contributed by atoms with Gasteiger partial charge in [0.05, 0.1) is 28.0 Å². The second-order valence-electron chi connectivity index (χ2n) is 4.96. The van der Waals surface area contributed by atoms with E-state index in [4.69, 9.17) is 11.6 Å². The molecule has 1 amide bonds. The minimum absolute atomic E-state index is 0.112. The van der Waals surface area contributed by atoms with E-state index in [-0.39, 0.29) is 17.3 Å². The van der Waals surface area contributed by atoms with Gasteiger partial charge in [0, 0.05) is 3.57 Å². The van der Waals surface area contributed by atoms with E-state index in [1.54, 1.807) is 25.1 Å². The molecule has 0 radical (unpaired) electrons. The Morgan fingerprint density at radius 3 is 2.73 bits per heavy atom. The van der Waals surface area contributed by atoms with Crippen molar-refractivity contribution in [1.82, 2.24) is 5.32 Å². The van der Waals surface area contributed by atoms with Gasteiger partial charge >= 0.3 is 0 Å². The van der Waals surface area contributed by atoms with Gasteiger partial charge in [0.25, 0.3) is 5.91 Å². The lowest BCUT2D eigenvalue weighted by Gasteiger charge is -2.14. The van der Waals surface area contributed by atoms with Crippen LogP contribution in [-0.4, -0.2) is 5.91 Å². The number of hydrogen-bond donors (Lipinski definition) is 2. The number of carbonyl (C=O) groups excluding carboxylic acids is 1. The molecule has 1 aliphatic heterocycles. The highest BCUT2D eigenvalue weighted by Gasteiger charge is 2.32. The van der Waals surface area contributed by atoms with Crippen LogP contribution in [0.1, 0.15) is 28.9 Å². The summed E-state index contributed by atoms with van der Waals surface area (Å²) in [5.74, 6) is -2.55. The van der Waals surface area contributed by atoms with Gasteiger partial charge in [-0.3, -0.25) is 4.79 Å². The molecule has 7 heteroatoms. The Labute approximate surface area is 144 Å². The van der Waals surface area contributed by atoms with Gasteiger partial charge in [-0.05, 0) is 59.3 Å². The number of carbonyl (C=O) groups is 1. The Morgan fingerprint density at radius 1 is 1.32 bits per heavy atom. The molecule has 0 aliphatic carbocycles. The van der Waals surface area contributed by atoms with Crippen LogP contribution in [0.4, 0.5) is 20.2 Å². The molecule has 0 aromatic heterocycles. The first kappa shape index (κ1) is 15.5. The Balaban J connectivity index is 2.15. The minimum atomic E-state index is -1.10. The summed E-state index contributed by atoms with van der Waals surface area (Å²) in [6.07, 6.45) is 0. The van der Waals surface area contributed by atoms with E-state index in [1.165, 1.54) is 0 Å². The standard InChI is InChI=1S/C15H10ClF2IN2O/c1-6-8-5-10(17)13(18)14(12(8)15(22)20-6)21-11-3-2-7(19)4-9(11)16/h2-6,21H,1H3,(H,20,22). The third kappa shape index (κ3) is 2.54. The molecule has 0 saturated carbocycles. The fourth-order valence-electron chi connectivity index (χ4n) is 2.42. The number of rotatable bonds is 2. The summed E-state index contributed by atoms with van der Waals surface area (Å²) in [5.41, 5.74) is 0.746. The third-order valence-electron chi connectivity index (χ3n) is 3.48. The zero-order valence-corrected chi connectivity index (χ0v) is 14.2. The lowest BCUT2D eigenvalue weighted by atomic mass is 10.0. The summed E-state index contributed by atoms with van der Waals surface area (Å²) < 4.78 is 28.9. The molecule has 0 spiro atoms. The monoisotopic (exact) mass is 434 g/mol. The van der Waals surface area contributed by atoms with Crippen LogP contribution in [0.3, 0.4) is 0 Å². The first-order chi connectivity index (χ1) is 10.4. The van der Waals surface area contributed by atoms with Crippen LogP contribution in [0, 0.1) is 15.2 Å². The number of hydrogen-bond acceptors (Lipinski definition) is 2. The summed E-state index contributed by atoms with van der Waals surface area (Å²) >= 11 is 8.19. The molecular weight excluding hydrogens is 425 g/mol. The highest BCUT2D eigenvalue weighted by molar-refractivity contribution is 14.1. The van der Waals surface area contributed by atoms with Crippen molar-refractivity contribution in [3.05, 3.63) is 55.6 Å². The molecular formula is C15H10ClF2IN2O. The van der Waals surface area contributed by atoms with Crippen molar-refractivity contribution in [2.75, 3.05) is 5.32 Å². The first-order valence-electron chi connectivity index (χ1n) is 6.43. The van der Waals surface area contributed by atoms with E-state index in [0.717, 1.165) is 9.64 Å². The normalized spacial score (nSPS) is 16.4. The van der Waals surface area contributed by atoms with Gasteiger partial charge in [-0.25, -0.2) is 8.78 Å². The predicted molar refractivity (Wildman–Crippen MR) is 89.7 cm³/mol. The molecule has 2 aromatic carbocycles. The molecule has 0 fully saturated rings. The maximum atomic E-state index is 14.2. The fraction of sp³-hybridized carbons (Fsp3) is 0.133. The van der Waals surface area contributed by atoms with Crippen molar-refractivity contribution in [1.29, 1.82) is 0 Å². The van der Waals surface area contributed by atoms with Crippen LogP contribution >= 0.6 is 34.2 Å². The van der Waals surface area contributed by atoms with Crippen LogP contribution in [0.2, 0.25) is 5.02 Å². The van der Waals surface area contributed by atoms with Crippen LogP contribution < -0.4 is 10.6 Å². The fourth-order valence-corrected chi connectivity index (χ4v) is 3.32. The van der Waals surface area contributed by atoms with Gasteiger partial charge < -0.3 is 10.6 Å². The highest BCUT2D eigenvalue weighted by atomic mass is 127. The lowest BCUT2D eigenvalue weighted by Crippen LogP contribution is -2.17. The van der Waals surface area contributed by atoms with E-state index >= 15 is 0 Å². The van der Waals surface area contributed by atoms with Gasteiger partial charge in [0.15, 0.2) is 11.6 Å². The van der Waals surface area contributed by atoms with E-state index in [0.29, 0.717) is 16.3 Å². The molecule has 2 N–H and O–H groups in total. The first-order valence-corrected chi connectivity index (χ1v) is 7.89. The van der Waals surface area contributed by atoms with Crippen molar-refractivity contribution < 1.29 is 13.6 Å². The molecule has 0 bridgehead atoms. The van der Waals surface area contributed by atoms with Gasteiger partial charge in [-0.1, -0.05) is 11.6 Å². The Hall–Kier alpha value is -1.41. The van der Waals surface area contributed by atoms with Crippen LogP contribution in [-0.2, 0) is 0 Å². The topological polar surface area (TPSA) is 41.1 Å². The summed E-state index contributed by atoms with van der Waals surface area (Å²) in [7, 11) is 0. The lowest BCUT2D eigenvalue weighted by molar-refractivity contribution is 0.0959. The number of nitrogens with one attached hydrogen (secondary N) is 2. The van der Waals surface area contributed by atoms with Gasteiger partial charge in [0.1, 0.15) is 0 Å². The maximum absolute atomic E-state index is 14.2. The molecule has 1 heterocycles. The zero-order valence-electron chi connectivity index (χ0n) is 11.3. The number of fused-ring (bicyclic) bond motifs is 1. The van der Waals surface area contributed by atoms with Crippen LogP contribution in [0.25, 0.3) is 0 Å². The van der Waals surface area contributed by atoms with Gasteiger partial charge in [-0.15, -0.1) is 0 Å². The van der Waals surface area contributed by atoms with Gasteiger partial charge in [0.2, 0.25) is 0 Å². The summed E-state index contributed by atoms with van der Waals surface area (Å²) in [6.45, 7) is 1.71. The highest BCUT2D eigenvalue weighted by Crippen LogP contribution is 2.37. The molecule has 3 rings (SSSR count). The molecule has 3 nitrogen and oxygen atoms in total. The zero-order chi connectivity index (χ0) is 16.0. The van der Waals surface area contributed by atoms with Crippen LogP contribution in [0.5, 0.6) is 0 Å². The van der Waals surface area contributed by atoms with Crippen molar-refractivity contribution in [3.8, 4) is 0 Å². The second-order valence-corrected chi connectivity index (χ2v) is 6.61. The van der Waals surface area contributed by atoms with Crippen molar-refractivity contribution in [3.63, 3.8) is 0 Å². The third-order valence-corrected chi connectivity index (χ3v) is 4.47. The SMILES string of the molecule is CC1NC(=O)c2c1cc(F)c(F)c2Nc1ccc(I)cc1Cl. The molecule has 2 aromatic rings. The predicted octanol–water partition coefficient (Wildman–Crippen LogP) is 4.77. The Bertz CT molecular complexity index is 798. The van der Waals surface area contributed by atoms with E-state index in [1.807, 2.05) is 0 Å². The molecule has 1 unspecified atom stereocenters. The van der Waals surface area contributed by atoms with Crippen molar-refractivity contribution >= 4 is 51.5 Å². The van der Waals surface area contributed by atoms with Crippen molar-refractivity contribution in [2.45, 2.75) is 13.0 Å². The summed E-state index contributed by atoms with van der Waals surface area (Å²) in [6, 6.07) is 5.79. The average Bonchev–Trinajstić information content (AvgIpc) is 2.72. The summed E-state index contributed by atoms with van der Waals surface area (Å²) in [5, 5.41) is 5.75. The van der Waals surface area contributed by atoms with E-state index in [9.17, 15) is 13.6 Å². The van der Waals surface area contributed by atoms with E-state index in [2.05, 4.69) is 33.2 Å². The second kappa shape index (κ2) is 5.66. The largest absolute Gasteiger partial charge is 0.351 e. The number of halogens is 4. The Morgan fingerprint density at radius 2 is 2.05 bits per heavy atom. The molecule has 1 atom stereocenters.